The van der Waals surface area contributed by atoms with Crippen molar-refractivity contribution in [2.75, 3.05) is 5.73 Å². The number of aromatic nitrogens is 2. The number of hydrogen-bond acceptors (Lipinski definition) is 3. The summed E-state index contributed by atoms with van der Waals surface area (Å²) in [6.45, 7) is 2.07. The smallest absolute Gasteiger partial charge is 0.201 e. The van der Waals surface area contributed by atoms with Crippen molar-refractivity contribution in [3.8, 4) is 0 Å². The standard InChI is InChI=1S/C15H15F2N3S/c1-2-4-11(13-5-3-6-21-13)20-12-8-9(16)7-10(17)14(12)19-15(20)18/h3,5-8,11H,2,4H2,1H3,(H2,18,19). The molecule has 3 nitrogen and oxygen atoms in total. The molecule has 0 fully saturated rings. The van der Waals surface area contributed by atoms with Crippen molar-refractivity contribution in [2.45, 2.75) is 25.8 Å². The predicted octanol–water partition coefficient (Wildman–Crippen LogP) is 4.35. The van der Waals surface area contributed by atoms with E-state index in [1.165, 1.54) is 6.07 Å². The van der Waals surface area contributed by atoms with E-state index in [1.54, 1.807) is 15.9 Å². The summed E-state index contributed by atoms with van der Waals surface area (Å²) < 4.78 is 29.2. The maximum Gasteiger partial charge on any atom is 0.201 e. The van der Waals surface area contributed by atoms with E-state index in [2.05, 4.69) is 11.9 Å². The van der Waals surface area contributed by atoms with Gasteiger partial charge >= 0.3 is 0 Å². The predicted molar refractivity (Wildman–Crippen MR) is 81.4 cm³/mol. The Bertz CT molecular complexity index is 765. The molecular formula is C15H15F2N3S. The van der Waals surface area contributed by atoms with Crippen LogP contribution < -0.4 is 5.73 Å². The Labute approximate surface area is 125 Å². The molecule has 0 bridgehead atoms. The Morgan fingerprint density at radius 3 is 2.86 bits per heavy atom. The molecule has 0 aliphatic rings. The minimum absolute atomic E-state index is 0.0544. The molecule has 0 saturated heterocycles. The number of imidazole rings is 1. The summed E-state index contributed by atoms with van der Waals surface area (Å²) in [5.41, 5.74) is 6.49. The zero-order chi connectivity index (χ0) is 15.0. The van der Waals surface area contributed by atoms with E-state index in [1.807, 2.05) is 17.5 Å². The quantitative estimate of drug-likeness (QED) is 0.779. The van der Waals surface area contributed by atoms with Gasteiger partial charge in [-0.15, -0.1) is 11.3 Å². The minimum atomic E-state index is -0.683. The molecule has 0 radical (unpaired) electrons. The van der Waals surface area contributed by atoms with Crippen LogP contribution in [0.4, 0.5) is 14.7 Å². The molecule has 1 unspecified atom stereocenters. The molecule has 2 aromatic heterocycles. The first-order chi connectivity index (χ1) is 10.1. The third kappa shape index (κ3) is 2.40. The van der Waals surface area contributed by atoms with E-state index in [4.69, 9.17) is 5.73 Å². The van der Waals surface area contributed by atoms with E-state index < -0.39 is 11.6 Å². The number of halogens is 2. The van der Waals surface area contributed by atoms with Crippen LogP contribution in [0.5, 0.6) is 0 Å². The topological polar surface area (TPSA) is 43.8 Å². The van der Waals surface area contributed by atoms with Crippen molar-refractivity contribution in [1.29, 1.82) is 0 Å². The molecule has 2 N–H and O–H groups in total. The summed E-state index contributed by atoms with van der Waals surface area (Å²) in [6, 6.07) is 6.03. The van der Waals surface area contributed by atoms with Gasteiger partial charge in [-0.25, -0.2) is 13.8 Å². The van der Waals surface area contributed by atoms with Crippen molar-refractivity contribution < 1.29 is 8.78 Å². The van der Waals surface area contributed by atoms with Crippen molar-refractivity contribution in [3.63, 3.8) is 0 Å². The largest absolute Gasteiger partial charge is 0.369 e. The molecule has 21 heavy (non-hydrogen) atoms. The van der Waals surface area contributed by atoms with E-state index in [0.29, 0.717) is 5.52 Å². The highest BCUT2D eigenvalue weighted by Crippen LogP contribution is 2.34. The Morgan fingerprint density at radius 1 is 1.38 bits per heavy atom. The lowest BCUT2D eigenvalue weighted by molar-refractivity contribution is 0.557. The molecule has 2 heterocycles. The Morgan fingerprint density at radius 2 is 2.19 bits per heavy atom. The van der Waals surface area contributed by atoms with Gasteiger partial charge in [0.25, 0.3) is 0 Å². The molecule has 0 aliphatic heterocycles. The first kappa shape index (κ1) is 14.0. The summed E-state index contributed by atoms with van der Waals surface area (Å²) in [5.74, 6) is -1.10. The summed E-state index contributed by atoms with van der Waals surface area (Å²) in [5, 5.41) is 1.98. The molecule has 0 saturated carbocycles. The molecule has 3 aromatic rings. The molecule has 1 atom stereocenters. The molecule has 6 heteroatoms. The van der Waals surface area contributed by atoms with Gasteiger partial charge in [-0.1, -0.05) is 19.4 Å². The average molecular weight is 307 g/mol. The zero-order valence-electron chi connectivity index (χ0n) is 11.5. The fourth-order valence-electron chi connectivity index (χ4n) is 2.62. The Hall–Kier alpha value is -1.95. The van der Waals surface area contributed by atoms with Gasteiger partial charge in [-0.05, 0) is 17.9 Å². The molecular weight excluding hydrogens is 292 g/mol. The van der Waals surface area contributed by atoms with Crippen molar-refractivity contribution in [2.24, 2.45) is 0 Å². The van der Waals surface area contributed by atoms with Crippen LogP contribution in [0.25, 0.3) is 11.0 Å². The molecule has 1 aromatic carbocycles. The fourth-order valence-corrected chi connectivity index (χ4v) is 3.47. The van der Waals surface area contributed by atoms with Gasteiger partial charge in [0.2, 0.25) is 5.95 Å². The highest BCUT2D eigenvalue weighted by atomic mass is 32.1. The molecule has 110 valence electrons. The van der Waals surface area contributed by atoms with Crippen LogP contribution in [0.2, 0.25) is 0 Å². The Balaban J connectivity index is 2.24. The number of benzene rings is 1. The fraction of sp³-hybridized carbons (Fsp3) is 0.267. The normalized spacial score (nSPS) is 12.9. The molecule has 0 aliphatic carbocycles. The van der Waals surface area contributed by atoms with Crippen molar-refractivity contribution in [3.05, 3.63) is 46.2 Å². The minimum Gasteiger partial charge on any atom is -0.369 e. The SMILES string of the molecule is CCCC(c1cccs1)n1c(N)nc2c(F)cc(F)cc21. The number of thiophene rings is 1. The number of nitrogens with zero attached hydrogens (tertiary/aromatic N) is 2. The summed E-state index contributed by atoms with van der Waals surface area (Å²) in [6.07, 6.45) is 1.76. The van der Waals surface area contributed by atoms with E-state index in [9.17, 15) is 8.78 Å². The van der Waals surface area contributed by atoms with Gasteiger partial charge in [0.1, 0.15) is 11.3 Å². The lowest BCUT2D eigenvalue weighted by atomic mass is 10.1. The van der Waals surface area contributed by atoms with Gasteiger partial charge < -0.3 is 10.3 Å². The van der Waals surface area contributed by atoms with Gasteiger partial charge in [0.15, 0.2) is 5.82 Å². The highest BCUT2D eigenvalue weighted by Gasteiger charge is 2.22. The number of rotatable bonds is 4. The van der Waals surface area contributed by atoms with Crippen LogP contribution in [0.3, 0.4) is 0 Å². The summed E-state index contributed by atoms with van der Waals surface area (Å²) >= 11 is 1.60. The second-order valence-corrected chi connectivity index (χ2v) is 5.89. The first-order valence-corrected chi connectivity index (χ1v) is 7.65. The molecule has 0 spiro atoms. The number of nitrogen functional groups attached to an aromatic ring is 1. The number of fused-ring (bicyclic) bond motifs is 1. The van der Waals surface area contributed by atoms with Crippen LogP contribution in [-0.2, 0) is 0 Å². The van der Waals surface area contributed by atoms with Crippen LogP contribution in [0, 0.1) is 11.6 Å². The third-order valence-corrected chi connectivity index (χ3v) is 4.46. The van der Waals surface area contributed by atoms with Gasteiger partial charge in [0.05, 0.1) is 11.6 Å². The van der Waals surface area contributed by atoms with E-state index >= 15 is 0 Å². The Kier molecular flexibility index (Phi) is 3.63. The van der Waals surface area contributed by atoms with Gasteiger partial charge in [-0.3, -0.25) is 0 Å². The monoisotopic (exact) mass is 307 g/mol. The van der Waals surface area contributed by atoms with Gasteiger partial charge in [-0.2, -0.15) is 0 Å². The second-order valence-electron chi connectivity index (χ2n) is 4.92. The van der Waals surface area contributed by atoms with E-state index in [-0.39, 0.29) is 17.5 Å². The van der Waals surface area contributed by atoms with E-state index in [0.717, 1.165) is 23.8 Å². The second kappa shape index (κ2) is 5.44. The molecule has 0 amide bonds. The van der Waals surface area contributed by atoms with Crippen LogP contribution in [-0.4, -0.2) is 9.55 Å². The summed E-state index contributed by atoms with van der Waals surface area (Å²) in [4.78, 5) is 5.17. The molecule has 3 rings (SSSR count). The maximum absolute atomic E-state index is 13.9. The average Bonchev–Trinajstić information content (AvgIpc) is 3.05. The lowest BCUT2D eigenvalue weighted by Crippen LogP contribution is -2.12. The number of nitrogens with two attached hydrogens (primary N) is 1. The van der Waals surface area contributed by atoms with Crippen molar-refractivity contribution in [1.82, 2.24) is 9.55 Å². The van der Waals surface area contributed by atoms with Gasteiger partial charge in [0, 0.05) is 17.0 Å². The van der Waals surface area contributed by atoms with Crippen LogP contribution in [0.1, 0.15) is 30.7 Å². The third-order valence-electron chi connectivity index (χ3n) is 3.49. The number of anilines is 1. The number of hydrogen-bond donors (Lipinski definition) is 1. The first-order valence-electron chi connectivity index (χ1n) is 6.77. The highest BCUT2D eigenvalue weighted by molar-refractivity contribution is 7.10. The van der Waals surface area contributed by atoms with Crippen LogP contribution >= 0.6 is 11.3 Å². The lowest BCUT2D eigenvalue weighted by Gasteiger charge is -2.19. The van der Waals surface area contributed by atoms with Crippen LogP contribution in [0.15, 0.2) is 29.6 Å². The van der Waals surface area contributed by atoms with Crippen molar-refractivity contribution >= 4 is 28.3 Å². The summed E-state index contributed by atoms with van der Waals surface area (Å²) in [7, 11) is 0. The zero-order valence-corrected chi connectivity index (χ0v) is 12.3. The maximum atomic E-state index is 13.9.